The molecule has 29 heavy (non-hydrogen) atoms. The molecule has 0 fully saturated rings. The summed E-state index contributed by atoms with van der Waals surface area (Å²) < 4.78 is 5.19. The van der Waals surface area contributed by atoms with Gasteiger partial charge in [0.05, 0.1) is 24.8 Å². The molecule has 2 aromatic carbocycles. The second-order valence-electron chi connectivity index (χ2n) is 6.50. The van der Waals surface area contributed by atoms with Gasteiger partial charge in [0.15, 0.2) is 0 Å². The van der Waals surface area contributed by atoms with Crippen molar-refractivity contribution in [3.8, 4) is 5.75 Å². The largest absolute Gasteiger partial charge is 0.497 e. The van der Waals surface area contributed by atoms with E-state index in [-0.39, 0.29) is 12.5 Å². The molecule has 0 saturated carbocycles. The third-order valence-corrected chi connectivity index (χ3v) is 5.61. The fourth-order valence-electron chi connectivity index (χ4n) is 3.25. The molecule has 0 aliphatic carbocycles. The van der Waals surface area contributed by atoms with Gasteiger partial charge in [0.1, 0.15) is 12.3 Å². The normalized spacial score (nSPS) is 12.8. The molecule has 0 N–H and O–H groups in total. The average Bonchev–Trinajstić information content (AvgIpc) is 3.35. The highest BCUT2D eigenvalue weighted by Gasteiger charge is 2.37. The van der Waals surface area contributed by atoms with Crippen LogP contribution in [-0.2, 0) is 11.3 Å². The summed E-state index contributed by atoms with van der Waals surface area (Å²) in [6.45, 7) is 0.0374. The number of methoxy groups -OCH3 is 1. The van der Waals surface area contributed by atoms with E-state index in [2.05, 4.69) is 0 Å². The first-order chi connectivity index (χ1) is 14.1. The first kappa shape index (κ1) is 18.9. The van der Waals surface area contributed by atoms with E-state index in [1.807, 2.05) is 17.5 Å². The zero-order valence-corrected chi connectivity index (χ0v) is 16.5. The van der Waals surface area contributed by atoms with Gasteiger partial charge in [-0.05, 0) is 47.8 Å². The minimum atomic E-state index is -0.440. The van der Waals surface area contributed by atoms with Crippen LogP contribution in [-0.4, -0.2) is 36.3 Å². The van der Waals surface area contributed by atoms with Crippen molar-refractivity contribution in [3.05, 3.63) is 82.0 Å². The van der Waals surface area contributed by atoms with Crippen molar-refractivity contribution < 1.29 is 19.1 Å². The van der Waals surface area contributed by atoms with Crippen LogP contribution in [0.2, 0.25) is 0 Å². The first-order valence-electron chi connectivity index (χ1n) is 9.00. The Morgan fingerprint density at radius 2 is 1.62 bits per heavy atom. The third-order valence-electron chi connectivity index (χ3n) is 4.75. The van der Waals surface area contributed by atoms with Gasteiger partial charge in [-0.15, -0.1) is 11.3 Å². The van der Waals surface area contributed by atoms with Gasteiger partial charge in [-0.25, -0.2) is 0 Å². The van der Waals surface area contributed by atoms with Gasteiger partial charge in [-0.3, -0.25) is 19.3 Å². The number of amides is 3. The first-order valence-corrected chi connectivity index (χ1v) is 9.88. The summed E-state index contributed by atoms with van der Waals surface area (Å²) in [7, 11) is 1.58. The van der Waals surface area contributed by atoms with E-state index in [0.29, 0.717) is 29.1 Å². The zero-order chi connectivity index (χ0) is 20.4. The lowest BCUT2D eigenvalue weighted by Gasteiger charge is -2.25. The van der Waals surface area contributed by atoms with Crippen LogP contribution in [0, 0.1) is 0 Å². The molecule has 1 aliphatic rings. The quantitative estimate of drug-likeness (QED) is 0.587. The maximum absolute atomic E-state index is 13.2. The Labute approximate surface area is 171 Å². The second-order valence-corrected chi connectivity index (χ2v) is 7.53. The number of carbonyl (C=O) groups is 3. The fraction of sp³-hybridized carbons (Fsp3) is 0.136. The molecule has 3 aromatic rings. The number of hydrogen-bond acceptors (Lipinski definition) is 5. The Kier molecular flexibility index (Phi) is 5.14. The minimum absolute atomic E-state index is 0.316. The molecule has 146 valence electrons. The molecule has 0 unspecified atom stereocenters. The molecule has 4 rings (SSSR count). The lowest BCUT2D eigenvalue weighted by Crippen LogP contribution is -2.42. The molecule has 3 amide bonds. The van der Waals surface area contributed by atoms with Gasteiger partial charge in [0.2, 0.25) is 5.91 Å². The van der Waals surface area contributed by atoms with E-state index in [1.165, 1.54) is 11.3 Å². The van der Waals surface area contributed by atoms with Crippen LogP contribution in [0.15, 0.2) is 66.0 Å². The van der Waals surface area contributed by atoms with Crippen LogP contribution in [0.5, 0.6) is 5.75 Å². The Balaban J connectivity index is 1.60. The van der Waals surface area contributed by atoms with Gasteiger partial charge < -0.3 is 9.64 Å². The fourth-order valence-corrected chi connectivity index (χ4v) is 3.94. The molecule has 6 nitrogen and oxygen atoms in total. The van der Waals surface area contributed by atoms with E-state index >= 15 is 0 Å². The number of ether oxygens (including phenoxy) is 1. The second kappa shape index (κ2) is 7.89. The van der Waals surface area contributed by atoms with Crippen molar-refractivity contribution in [2.45, 2.75) is 6.54 Å². The van der Waals surface area contributed by atoms with Gasteiger partial charge in [0, 0.05) is 10.6 Å². The Morgan fingerprint density at radius 3 is 2.17 bits per heavy atom. The molecular weight excluding hydrogens is 388 g/mol. The summed E-state index contributed by atoms with van der Waals surface area (Å²) in [6, 6.07) is 17.6. The number of benzene rings is 2. The van der Waals surface area contributed by atoms with E-state index in [9.17, 15) is 14.4 Å². The number of carbonyl (C=O) groups excluding carboxylic acids is 3. The number of imide groups is 1. The summed E-state index contributed by atoms with van der Waals surface area (Å²) in [6.07, 6.45) is 0. The summed E-state index contributed by atoms with van der Waals surface area (Å²) in [5, 5.41) is 1.94. The molecule has 0 radical (unpaired) electrons. The Bertz CT molecular complexity index is 1030. The van der Waals surface area contributed by atoms with E-state index in [1.54, 1.807) is 60.5 Å². The topological polar surface area (TPSA) is 66.9 Å². The highest BCUT2D eigenvalue weighted by molar-refractivity contribution is 7.09. The predicted molar refractivity (Wildman–Crippen MR) is 110 cm³/mol. The number of anilines is 1. The van der Waals surface area contributed by atoms with Gasteiger partial charge >= 0.3 is 0 Å². The van der Waals surface area contributed by atoms with Gasteiger partial charge in [0.25, 0.3) is 11.8 Å². The van der Waals surface area contributed by atoms with Crippen molar-refractivity contribution in [3.63, 3.8) is 0 Å². The van der Waals surface area contributed by atoms with E-state index in [4.69, 9.17) is 4.74 Å². The van der Waals surface area contributed by atoms with Crippen molar-refractivity contribution in [1.82, 2.24) is 4.90 Å². The zero-order valence-electron chi connectivity index (χ0n) is 15.7. The molecule has 0 atom stereocenters. The summed E-state index contributed by atoms with van der Waals surface area (Å²) in [4.78, 5) is 42.0. The summed E-state index contributed by atoms with van der Waals surface area (Å²) >= 11 is 1.54. The van der Waals surface area contributed by atoms with E-state index < -0.39 is 11.8 Å². The van der Waals surface area contributed by atoms with Crippen molar-refractivity contribution >= 4 is 34.7 Å². The molecule has 2 heterocycles. The number of thiophene rings is 1. The minimum Gasteiger partial charge on any atom is -0.497 e. The SMILES string of the molecule is COc1ccc(N(Cc2cccs2)C(=O)CN2C(=O)c3ccccc3C2=O)cc1. The Hall–Kier alpha value is -3.45. The lowest BCUT2D eigenvalue weighted by molar-refractivity contribution is -0.119. The predicted octanol–water partition coefficient (Wildman–Crippen LogP) is 3.59. The van der Waals surface area contributed by atoms with Crippen LogP contribution in [0.1, 0.15) is 25.6 Å². The highest BCUT2D eigenvalue weighted by atomic mass is 32.1. The van der Waals surface area contributed by atoms with Gasteiger partial charge in [-0.2, -0.15) is 0 Å². The molecule has 1 aliphatic heterocycles. The van der Waals surface area contributed by atoms with E-state index in [0.717, 1.165) is 9.78 Å². The van der Waals surface area contributed by atoms with Crippen LogP contribution in [0.3, 0.4) is 0 Å². The lowest BCUT2D eigenvalue weighted by atomic mass is 10.1. The number of rotatable bonds is 6. The van der Waals surface area contributed by atoms with Crippen molar-refractivity contribution in [1.29, 1.82) is 0 Å². The monoisotopic (exact) mass is 406 g/mol. The van der Waals surface area contributed by atoms with Crippen LogP contribution >= 0.6 is 11.3 Å². The molecule has 0 bridgehead atoms. The number of fused-ring (bicyclic) bond motifs is 1. The maximum Gasteiger partial charge on any atom is 0.262 e. The van der Waals surface area contributed by atoms with Crippen molar-refractivity contribution in [2.75, 3.05) is 18.6 Å². The molecule has 0 saturated heterocycles. The van der Waals surface area contributed by atoms with Crippen molar-refractivity contribution in [2.24, 2.45) is 0 Å². The van der Waals surface area contributed by atoms with Crippen LogP contribution in [0.25, 0.3) is 0 Å². The third kappa shape index (κ3) is 3.64. The maximum atomic E-state index is 13.2. The van der Waals surface area contributed by atoms with Gasteiger partial charge in [-0.1, -0.05) is 18.2 Å². The highest BCUT2D eigenvalue weighted by Crippen LogP contribution is 2.25. The summed E-state index contributed by atoms with van der Waals surface area (Å²) in [5.41, 5.74) is 1.33. The van der Waals surface area contributed by atoms with Crippen LogP contribution < -0.4 is 9.64 Å². The number of nitrogens with zero attached hydrogens (tertiary/aromatic N) is 2. The standard InChI is InChI=1S/C22H18N2O4S/c1-28-16-10-8-15(9-11-16)23(13-17-5-4-12-29-17)20(25)14-24-21(26)18-6-2-3-7-19(18)22(24)27/h2-12H,13-14H2,1H3. The Morgan fingerprint density at radius 1 is 0.966 bits per heavy atom. The average molecular weight is 406 g/mol. The summed E-state index contributed by atoms with van der Waals surface area (Å²) in [5.74, 6) is -0.537. The van der Waals surface area contributed by atoms with Crippen LogP contribution in [0.4, 0.5) is 5.69 Å². The molecule has 1 aromatic heterocycles. The number of hydrogen-bond donors (Lipinski definition) is 0. The molecule has 7 heteroatoms. The smallest absolute Gasteiger partial charge is 0.262 e. The molecule has 0 spiro atoms. The molecular formula is C22H18N2O4S.